The molecular formula is C20H24N2O3S2. The minimum atomic E-state index is -0.0663. The predicted octanol–water partition coefficient (Wildman–Crippen LogP) is 3.09. The Morgan fingerprint density at radius 1 is 1.26 bits per heavy atom. The van der Waals surface area contributed by atoms with E-state index in [1.807, 2.05) is 23.1 Å². The van der Waals surface area contributed by atoms with Gasteiger partial charge in [0.05, 0.1) is 18.1 Å². The lowest BCUT2D eigenvalue weighted by atomic mass is 10.1. The van der Waals surface area contributed by atoms with Crippen molar-refractivity contribution in [1.82, 2.24) is 9.80 Å². The number of benzene rings is 1. The highest BCUT2D eigenvalue weighted by molar-refractivity contribution is 8.26. The van der Waals surface area contributed by atoms with Gasteiger partial charge in [-0.15, -0.1) is 0 Å². The molecule has 2 fully saturated rings. The predicted molar refractivity (Wildman–Crippen MR) is 112 cm³/mol. The smallest absolute Gasteiger partial charge is 0.266 e. The average molecular weight is 405 g/mol. The zero-order valence-electron chi connectivity index (χ0n) is 15.5. The summed E-state index contributed by atoms with van der Waals surface area (Å²) in [5, 5.41) is 0. The lowest BCUT2D eigenvalue weighted by Gasteiger charge is -2.27. The molecule has 0 radical (unpaired) electrons. The highest BCUT2D eigenvalue weighted by atomic mass is 32.2. The topological polar surface area (TPSA) is 49.9 Å². The van der Waals surface area contributed by atoms with E-state index in [0.717, 1.165) is 12.0 Å². The van der Waals surface area contributed by atoms with Crippen LogP contribution in [0, 0.1) is 0 Å². The number of nitrogens with zero attached hydrogens (tertiary/aromatic N) is 2. The standard InChI is InChI=1S/C20H24N2O3S2/c1-2-15-5-7-16(8-6-15)14-17-19(24)22(20(26)27-17)9-3-4-18(23)21-10-12-25-13-11-21/h5-8,14H,2-4,9-13H2,1H3. The van der Waals surface area contributed by atoms with Gasteiger partial charge in [-0.05, 0) is 30.0 Å². The van der Waals surface area contributed by atoms with Crippen LogP contribution in [0.25, 0.3) is 6.08 Å². The van der Waals surface area contributed by atoms with Crippen molar-refractivity contribution in [3.05, 3.63) is 40.3 Å². The Morgan fingerprint density at radius 2 is 1.96 bits per heavy atom. The molecule has 0 bridgehead atoms. The first kappa shape index (κ1) is 20.0. The summed E-state index contributed by atoms with van der Waals surface area (Å²) in [5.41, 5.74) is 2.26. The van der Waals surface area contributed by atoms with Crippen LogP contribution >= 0.6 is 24.0 Å². The van der Waals surface area contributed by atoms with Crippen molar-refractivity contribution in [3.8, 4) is 0 Å². The summed E-state index contributed by atoms with van der Waals surface area (Å²) in [6.45, 7) is 5.10. The first-order valence-electron chi connectivity index (χ1n) is 9.28. The average Bonchev–Trinajstić information content (AvgIpc) is 2.96. The molecule has 144 valence electrons. The van der Waals surface area contributed by atoms with Gasteiger partial charge in [0.25, 0.3) is 5.91 Å². The molecule has 0 unspecified atom stereocenters. The van der Waals surface area contributed by atoms with Crippen LogP contribution in [0.3, 0.4) is 0 Å². The number of hydrogen-bond donors (Lipinski definition) is 0. The zero-order valence-corrected chi connectivity index (χ0v) is 17.1. The van der Waals surface area contributed by atoms with Crippen molar-refractivity contribution in [2.24, 2.45) is 0 Å². The number of rotatable bonds is 6. The van der Waals surface area contributed by atoms with Gasteiger partial charge in [0.1, 0.15) is 4.32 Å². The molecule has 2 aliphatic heterocycles. The van der Waals surface area contributed by atoms with E-state index < -0.39 is 0 Å². The van der Waals surface area contributed by atoms with Crippen molar-refractivity contribution in [1.29, 1.82) is 0 Å². The van der Waals surface area contributed by atoms with Gasteiger partial charge in [-0.2, -0.15) is 0 Å². The van der Waals surface area contributed by atoms with E-state index in [9.17, 15) is 9.59 Å². The Morgan fingerprint density at radius 3 is 2.63 bits per heavy atom. The van der Waals surface area contributed by atoms with E-state index in [1.165, 1.54) is 17.3 Å². The SMILES string of the molecule is CCc1ccc(C=C2SC(=S)N(CCCC(=O)N3CCOCC3)C2=O)cc1. The Balaban J connectivity index is 1.54. The minimum absolute atomic E-state index is 0.0663. The van der Waals surface area contributed by atoms with Gasteiger partial charge in [-0.1, -0.05) is 55.2 Å². The van der Waals surface area contributed by atoms with Crippen LogP contribution in [-0.4, -0.2) is 58.8 Å². The highest BCUT2D eigenvalue weighted by Gasteiger charge is 2.31. The molecule has 0 spiro atoms. The molecule has 2 heterocycles. The number of hydrogen-bond acceptors (Lipinski definition) is 5. The summed E-state index contributed by atoms with van der Waals surface area (Å²) in [4.78, 5) is 28.9. The summed E-state index contributed by atoms with van der Waals surface area (Å²) in [5.74, 6) is 0.0543. The van der Waals surface area contributed by atoms with Gasteiger partial charge in [-0.3, -0.25) is 14.5 Å². The quantitative estimate of drug-likeness (QED) is 0.539. The number of carbonyl (C=O) groups is 2. The number of thioether (sulfide) groups is 1. The molecule has 1 aromatic carbocycles. The van der Waals surface area contributed by atoms with Crippen LogP contribution in [0.1, 0.15) is 30.9 Å². The third kappa shape index (κ3) is 5.18. The second kappa shape index (κ2) is 9.48. The summed E-state index contributed by atoms with van der Waals surface area (Å²) < 4.78 is 5.83. The fourth-order valence-electron chi connectivity index (χ4n) is 3.05. The zero-order chi connectivity index (χ0) is 19.2. The fraction of sp³-hybridized carbons (Fsp3) is 0.450. The third-order valence-electron chi connectivity index (χ3n) is 4.70. The van der Waals surface area contributed by atoms with Crippen molar-refractivity contribution < 1.29 is 14.3 Å². The lowest BCUT2D eigenvalue weighted by Crippen LogP contribution is -2.41. The van der Waals surface area contributed by atoms with Crippen LogP contribution in [0.15, 0.2) is 29.2 Å². The van der Waals surface area contributed by atoms with Gasteiger partial charge in [0, 0.05) is 26.1 Å². The molecular weight excluding hydrogens is 380 g/mol. The van der Waals surface area contributed by atoms with Crippen LogP contribution in [0.5, 0.6) is 0 Å². The number of ether oxygens (including phenoxy) is 1. The van der Waals surface area contributed by atoms with Crippen molar-refractivity contribution in [3.63, 3.8) is 0 Å². The molecule has 2 saturated heterocycles. The van der Waals surface area contributed by atoms with Gasteiger partial charge >= 0.3 is 0 Å². The monoisotopic (exact) mass is 404 g/mol. The highest BCUT2D eigenvalue weighted by Crippen LogP contribution is 2.32. The Hall–Kier alpha value is -1.70. The molecule has 2 amide bonds. The maximum atomic E-state index is 12.7. The molecule has 1 aromatic rings. The number of amides is 2. The second-order valence-electron chi connectivity index (χ2n) is 6.53. The number of carbonyl (C=O) groups excluding carboxylic acids is 2. The van der Waals surface area contributed by atoms with Crippen molar-refractivity contribution >= 4 is 46.2 Å². The normalized spacial score (nSPS) is 19.2. The van der Waals surface area contributed by atoms with E-state index in [-0.39, 0.29) is 11.8 Å². The van der Waals surface area contributed by atoms with E-state index >= 15 is 0 Å². The summed E-state index contributed by atoms with van der Waals surface area (Å²) >= 11 is 6.70. The molecule has 0 aliphatic carbocycles. The Kier molecular flexibility index (Phi) is 7.04. The molecule has 0 atom stereocenters. The van der Waals surface area contributed by atoms with Crippen LogP contribution in [0.2, 0.25) is 0 Å². The molecule has 5 nitrogen and oxygen atoms in total. The maximum absolute atomic E-state index is 12.7. The van der Waals surface area contributed by atoms with Gasteiger partial charge in [-0.25, -0.2) is 0 Å². The fourth-order valence-corrected chi connectivity index (χ4v) is 4.36. The Labute approximate surface area is 169 Å². The minimum Gasteiger partial charge on any atom is -0.378 e. The lowest BCUT2D eigenvalue weighted by molar-refractivity contribution is -0.135. The molecule has 0 saturated carbocycles. The largest absolute Gasteiger partial charge is 0.378 e. The van der Waals surface area contributed by atoms with Gasteiger partial charge in [0.2, 0.25) is 5.91 Å². The first-order valence-corrected chi connectivity index (χ1v) is 10.5. The summed E-state index contributed by atoms with van der Waals surface area (Å²) in [7, 11) is 0. The summed E-state index contributed by atoms with van der Waals surface area (Å²) in [6, 6.07) is 8.19. The van der Waals surface area contributed by atoms with Crippen molar-refractivity contribution in [2.45, 2.75) is 26.2 Å². The number of thiocarbonyl (C=S) groups is 1. The van der Waals surface area contributed by atoms with Gasteiger partial charge in [0.15, 0.2) is 0 Å². The maximum Gasteiger partial charge on any atom is 0.266 e. The van der Waals surface area contributed by atoms with E-state index in [4.69, 9.17) is 17.0 Å². The molecule has 2 aliphatic rings. The number of aryl methyl sites for hydroxylation is 1. The van der Waals surface area contributed by atoms with E-state index in [1.54, 1.807) is 4.90 Å². The second-order valence-corrected chi connectivity index (χ2v) is 8.20. The molecule has 3 rings (SSSR count). The molecule has 7 heteroatoms. The van der Waals surface area contributed by atoms with Crippen molar-refractivity contribution in [2.75, 3.05) is 32.8 Å². The van der Waals surface area contributed by atoms with E-state index in [0.29, 0.717) is 54.9 Å². The molecule has 27 heavy (non-hydrogen) atoms. The van der Waals surface area contributed by atoms with E-state index in [2.05, 4.69) is 19.1 Å². The summed E-state index contributed by atoms with van der Waals surface area (Å²) in [6.07, 6.45) is 3.92. The molecule has 0 N–H and O–H groups in total. The molecule has 0 aromatic heterocycles. The Bertz CT molecular complexity index is 740. The number of morpholine rings is 1. The van der Waals surface area contributed by atoms with Crippen LogP contribution < -0.4 is 0 Å². The first-order chi connectivity index (χ1) is 13.1. The van der Waals surface area contributed by atoms with Gasteiger partial charge < -0.3 is 9.64 Å². The third-order valence-corrected chi connectivity index (χ3v) is 6.07. The van der Waals surface area contributed by atoms with Crippen LogP contribution in [-0.2, 0) is 20.7 Å². The van der Waals surface area contributed by atoms with Crippen LogP contribution in [0.4, 0.5) is 0 Å².